The van der Waals surface area contributed by atoms with E-state index in [9.17, 15) is 9.90 Å². The van der Waals surface area contributed by atoms with E-state index in [1.54, 1.807) is 24.5 Å². The second-order valence-electron chi connectivity index (χ2n) is 4.22. The second-order valence-corrected chi connectivity index (χ2v) is 4.22. The zero-order chi connectivity index (χ0) is 10.8. The lowest BCUT2D eigenvalue weighted by Crippen LogP contribution is -2.27. The number of aryl methyl sites for hydroxylation is 1. The molecule has 0 unspecified atom stereocenters. The molecule has 1 N–H and O–H groups in total. The van der Waals surface area contributed by atoms with Crippen LogP contribution in [0.2, 0.25) is 0 Å². The van der Waals surface area contributed by atoms with Crippen LogP contribution < -0.4 is 5.56 Å². The summed E-state index contributed by atoms with van der Waals surface area (Å²) >= 11 is 0. The summed E-state index contributed by atoms with van der Waals surface area (Å²) < 4.78 is 1.68. The third-order valence-electron chi connectivity index (χ3n) is 2.22. The fourth-order valence-corrected chi connectivity index (χ4v) is 1.30. The van der Waals surface area contributed by atoms with Crippen molar-refractivity contribution < 1.29 is 5.11 Å². The summed E-state index contributed by atoms with van der Waals surface area (Å²) in [6, 6.07) is 5.18. The molecule has 0 fully saturated rings. The van der Waals surface area contributed by atoms with Crippen LogP contribution in [-0.4, -0.2) is 15.3 Å². The van der Waals surface area contributed by atoms with Gasteiger partial charge < -0.3 is 9.67 Å². The first-order valence-electron chi connectivity index (χ1n) is 4.79. The maximum Gasteiger partial charge on any atom is 0.250 e. The van der Waals surface area contributed by atoms with Crippen LogP contribution in [0, 0.1) is 6.92 Å². The molecule has 0 spiro atoms. The van der Waals surface area contributed by atoms with E-state index in [2.05, 4.69) is 0 Å². The minimum Gasteiger partial charge on any atom is -0.390 e. The molecule has 1 aromatic rings. The number of hydrogen-bond acceptors (Lipinski definition) is 2. The molecule has 0 saturated heterocycles. The molecule has 14 heavy (non-hydrogen) atoms. The molecule has 78 valence electrons. The Bertz CT molecular complexity index is 360. The van der Waals surface area contributed by atoms with Gasteiger partial charge in [0.1, 0.15) is 0 Å². The highest BCUT2D eigenvalue weighted by Crippen LogP contribution is 2.08. The molecule has 1 heterocycles. The van der Waals surface area contributed by atoms with Crippen LogP contribution in [0.15, 0.2) is 23.0 Å². The summed E-state index contributed by atoms with van der Waals surface area (Å²) in [6.45, 7) is 5.95. The Kier molecular flexibility index (Phi) is 3.11. The van der Waals surface area contributed by atoms with Crippen molar-refractivity contribution in [2.45, 2.75) is 39.3 Å². The number of nitrogens with zero attached hydrogens (tertiary/aromatic N) is 1. The number of hydrogen-bond donors (Lipinski definition) is 1. The predicted octanol–water partition coefficient (Wildman–Crippen LogP) is 1.32. The third-order valence-corrected chi connectivity index (χ3v) is 2.22. The van der Waals surface area contributed by atoms with Crippen molar-refractivity contribution in [1.29, 1.82) is 0 Å². The lowest BCUT2D eigenvalue weighted by molar-refractivity contribution is 0.0657. The monoisotopic (exact) mass is 195 g/mol. The Labute approximate surface area is 84.0 Å². The van der Waals surface area contributed by atoms with Crippen LogP contribution in [0.5, 0.6) is 0 Å². The van der Waals surface area contributed by atoms with E-state index in [1.807, 2.05) is 13.0 Å². The predicted molar refractivity (Wildman–Crippen MR) is 56.4 cm³/mol. The average Bonchev–Trinajstić information content (AvgIpc) is 2.01. The summed E-state index contributed by atoms with van der Waals surface area (Å²) in [5, 5.41) is 9.55. The van der Waals surface area contributed by atoms with Gasteiger partial charge >= 0.3 is 0 Å². The maximum absolute atomic E-state index is 11.4. The lowest BCUT2D eigenvalue weighted by Gasteiger charge is -2.18. The van der Waals surface area contributed by atoms with Crippen LogP contribution in [0.4, 0.5) is 0 Å². The first kappa shape index (κ1) is 11.0. The van der Waals surface area contributed by atoms with E-state index < -0.39 is 5.60 Å². The van der Waals surface area contributed by atoms with Gasteiger partial charge in [0.2, 0.25) is 0 Å². The van der Waals surface area contributed by atoms with E-state index in [4.69, 9.17) is 0 Å². The standard InChI is InChI=1S/C11H17NO2/c1-9-5-4-6-10(13)12(9)8-7-11(2,3)14/h4-6,14H,7-8H2,1-3H3. The van der Waals surface area contributed by atoms with Gasteiger partial charge in [-0.1, -0.05) is 6.07 Å². The Morgan fingerprint density at radius 2 is 2.07 bits per heavy atom. The van der Waals surface area contributed by atoms with Gasteiger partial charge in [-0.2, -0.15) is 0 Å². The van der Waals surface area contributed by atoms with Crippen molar-refractivity contribution in [3.8, 4) is 0 Å². The number of pyridine rings is 1. The minimum absolute atomic E-state index is 0.00532. The van der Waals surface area contributed by atoms with Crippen LogP contribution in [-0.2, 0) is 6.54 Å². The lowest BCUT2D eigenvalue weighted by atomic mass is 10.1. The highest BCUT2D eigenvalue weighted by Gasteiger charge is 2.12. The molecule has 0 aliphatic carbocycles. The van der Waals surface area contributed by atoms with Crippen molar-refractivity contribution in [1.82, 2.24) is 4.57 Å². The summed E-state index contributed by atoms with van der Waals surface area (Å²) in [4.78, 5) is 11.4. The molecule has 0 atom stereocenters. The van der Waals surface area contributed by atoms with Crippen molar-refractivity contribution >= 4 is 0 Å². The summed E-state index contributed by atoms with van der Waals surface area (Å²) in [7, 11) is 0. The van der Waals surface area contributed by atoms with Gasteiger partial charge in [0.15, 0.2) is 0 Å². The highest BCUT2D eigenvalue weighted by molar-refractivity contribution is 5.04. The molecule has 0 bridgehead atoms. The molecule has 0 amide bonds. The molecule has 0 aromatic carbocycles. The molecule has 0 radical (unpaired) electrons. The smallest absolute Gasteiger partial charge is 0.250 e. The molecular weight excluding hydrogens is 178 g/mol. The SMILES string of the molecule is Cc1cccc(=O)n1CCC(C)(C)O. The zero-order valence-electron chi connectivity index (χ0n) is 8.95. The third kappa shape index (κ3) is 3.00. The van der Waals surface area contributed by atoms with Crippen LogP contribution in [0.25, 0.3) is 0 Å². The topological polar surface area (TPSA) is 42.2 Å². The quantitative estimate of drug-likeness (QED) is 0.790. The van der Waals surface area contributed by atoms with E-state index in [-0.39, 0.29) is 5.56 Å². The van der Waals surface area contributed by atoms with Gasteiger partial charge in [-0.3, -0.25) is 4.79 Å². The summed E-state index contributed by atoms with van der Waals surface area (Å²) in [5.74, 6) is 0. The molecule has 1 aromatic heterocycles. The van der Waals surface area contributed by atoms with Gasteiger partial charge in [0.05, 0.1) is 5.60 Å². The van der Waals surface area contributed by atoms with E-state index >= 15 is 0 Å². The first-order chi connectivity index (χ1) is 6.40. The number of aliphatic hydroxyl groups is 1. The molecule has 0 saturated carbocycles. The van der Waals surface area contributed by atoms with Crippen LogP contribution in [0.3, 0.4) is 0 Å². The zero-order valence-corrected chi connectivity index (χ0v) is 8.95. The van der Waals surface area contributed by atoms with Gasteiger partial charge in [-0.05, 0) is 33.3 Å². The second kappa shape index (κ2) is 3.96. The summed E-state index contributed by atoms with van der Waals surface area (Å²) in [6.07, 6.45) is 0.581. The van der Waals surface area contributed by atoms with Gasteiger partial charge in [0.25, 0.3) is 5.56 Å². The van der Waals surface area contributed by atoms with Crippen LogP contribution in [0.1, 0.15) is 26.0 Å². The molecule has 3 nitrogen and oxygen atoms in total. The molecule has 0 aliphatic rings. The fraction of sp³-hybridized carbons (Fsp3) is 0.545. The average molecular weight is 195 g/mol. The Morgan fingerprint density at radius 3 is 2.57 bits per heavy atom. The van der Waals surface area contributed by atoms with E-state index in [0.29, 0.717) is 13.0 Å². The van der Waals surface area contributed by atoms with Crippen LogP contribution >= 0.6 is 0 Å². The minimum atomic E-state index is -0.721. The van der Waals surface area contributed by atoms with Crippen molar-refractivity contribution in [2.75, 3.05) is 0 Å². The van der Waals surface area contributed by atoms with E-state index in [1.165, 1.54) is 6.07 Å². The van der Waals surface area contributed by atoms with Gasteiger partial charge in [-0.15, -0.1) is 0 Å². The molecular formula is C11H17NO2. The van der Waals surface area contributed by atoms with Crippen molar-refractivity contribution in [3.05, 3.63) is 34.2 Å². The summed E-state index contributed by atoms with van der Waals surface area (Å²) in [5.41, 5.74) is 0.206. The Balaban J connectivity index is 2.82. The largest absolute Gasteiger partial charge is 0.390 e. The highest BCUT2D eigenvalue weighted by atomic mass is 16.3. The fourth-order valence-electron chi connectivity index (χ4n) is 1.30. The normalized spacial score (nSPS) is 11.7. The molecule has 1 rings (SSSR count). The van der Waals surface area contributed by atoms with Crippen molar-refractivity contribution in [3.63, 3.8) is 0 Å². The Morgan fingerprint density at radius 1 is 1.43 bits per heavy atom. The first-order valence-corrected chi connectivity index (χ1v) is 4.79. The maximum atomic E-state index is 11.4. The molecule has 0 aliphatic heterocycles. The molecule has 3 heteroatoms. The van der Waals surface area contributed by atoms with E-state index in [0.717, 1.165) is 5.69 Å². The van der Waals surface area contributed by atoms with Gasteiger partial charge in [0, 0.05) is 18.3 Å². The van der Waals surface area contributed by atoms with Gasteiger partial charge in [-0.25, -0.2) is 0 Å². The number of rotatable bonds is 3. The number of aromatic nitrogens is 1. The van der Waals surface area contributed by atoms with Crippen molar-refractivity contribution in [2.24, 2.45) is 0 Å². The Hall–Kier alpha value is -1.09.